The third-order valence-electron chi connectivity index (χ3n) is 1.91. The maximum absolute atomic E-state index is 5.15. The minimum atomic E-state index is 0.114. The minimum Gasteiger partial charge on any atom is -0.432 e. The van der Waals surface area contributed by atoms with E-state index in [0.717, 1.165) is 0 Å². The third kappa shape index (κ3) is 0.932. The molecule has 12 heavy (non-hydrogen) atoms. The smallest absolute Gasteiger partial charge is 0.305 e. The molecule has 0 aliphatic carbocycles. The summed E-state index contributed by atoms with van der Waals surface area (Å²) in [5.41, 5.74) is 1.29. The van der Waals surface area contributed by atoms with Crippen molar-refractivity contribution in [3.63, 3.8) is 0 Å². The molecular formula is C9H12N2O. The van der Waals surface area contributed by atoms with E-state index in [1.807, 2.05) is 16.8 Å². The third-order valence-corrected chi connectivity index (χ3v) is 1.91. The van der Waals surface area contributed by atoms with Gasteiger partial charge >= 0.3 is 5.84 Å². The molecule has 0 unspecified atom stereocenters. The first kappa shape index (κ1) is 7.40. The topological polar surface area (TPSA) is 30.4 Å². The first-order chi connectivity index (χ1) is 5.59. The summed E-state index contributed by atoms with van der Waals surface area (Å²) in [5, 5.41) is 0. The zero-order valence-corrected chi connectivity index (χ0v) is 7.53. The van der Waals surface area contributed by atoms with Crippen molar-refractivity contribution in [1.29, 1.82) is 0 Å². The van der Waals surface area contributed by atoms with E-state index in [-0.39, 0.29) is 5.41 Å². The molecule has 0 radical (unpaired) electrons. The first-order valence-corrected chi connectivity index (χ1v) is 4.00. The Hall–Kier alpha value is -1.25. The molecule has 0 N–H and O–H groups in total. The highest BCUT2D eigenvalue weighted by molar-refractivity contribution is 5.29. The van der Waals surface area contributed by atoms with Crippen LogP contribution in [-0.2, 0) is 5.41 Å². The van der Waals surface area contributed by atoms with Crippen molar-refractivity contribution in [3.05, 3.63) is 24.4 Å². The Labute approximate surface area is 71.0 Å². The van der Waals surface area contributed by atoms with E-state index in [9.17, 15) is 0 Å². The molecule has 0 aromatic carbocycles. The van der Waals surface area contributed by atoms with Crippen molar-refractivity contribution in [2.75, 3.05) is 0 Å². The van der Waals surface area contributed by atoms with Gasteiger partial charge in [-0.05, 0) is 0 Å². The second kappa shape index (κ2) is 2.12. The summed E-state index contributed by atoms with van der Waals surface area (Å²) < 4.78 is 7.12. The number of rotatable bonds is 0. The predicted octanol–water partition coefficient (Wildman–Crippen LogP) is 2.22. The summed E-state index contributed by atoms with van der Waals surface area (Å²) in [5.74, 6) is 0.667. The average molecular weight is 164 g/mol. The van der Waals surface area contributed by atoms with Crippen LogP contribution in [0.25, 0.3) is 5.84 Å². The molecule has 0 atom stereocenters. The molecule has 3 heteroatoms. The maximum Gasteiger partial charge on any atom is 0.305 e. The van der Waals surface area contributed by atoms with Crippen molar-refractivity contribution < 1.29 is 4.42 Å². The Morgan fingerprint density at radius 3 is 2.83 bits per heavy atom. The van der Waals surface area contributed by atoms with Crippen molar-refractivity contribution in [1.82, 2.24) is 9.38 Å². The normalized spacial score (nSPS) is 12.6. The fourth-order valence-corrected chi connectivity index (χ4v) is 1.28. The van der Waals surface area contributed by atoms with E-state index in [2.05, 4.69) is 25.8 Å². The molecule has 0 spiro atoms. The van der Waals surface area contributed by atoms with Gasteiger partial charge in [-0.15, -0.1) is 0 Å². The summed E-state index contributed by atoms with van der Waals surface area (Å²) in [7, 11) is 0. The van der Waals surface area contributed by atoms with Crippen molar-refractivity contribution in [2.45, 2.75) is 26.2 Å². The van der Waals surface area contributed by atoms with Crippen LogP contribution in [-0.4, -0.2) is 9.38 Å². The van der Waals surface area contributed by atoms with E-state index >= 15 is 0 Å². The monoisotopic (exact) mass is 164 g/mol. The highest BCUT2D eigenvalue weighted by Crippen LogP contribution is 2.22. The van der Waals surface area contributed by atoms with Gasteiger partial charge in [0, 0.05) is 11.6 Å². The number of hydrogen-bond donors (Lipinski definition) is 0. The van der Waals surface area contributed by atoms with Gasteiger partial charge in [-0.25, -0.2) is 4.98 Å². The van der Waals surface area contributed by atoms with Crippen LogP contribution >= 0.6 is 0 Å². The lowest BCUT2D eigenvalue weighted by Gasteiger charge is -2.16. The number of aromatic nitrogens is 2. The molecule has 2 aromatic heterocycles. The summed E-state index contributed by atoms with van der Waals surface area (Å²) in [6, 6.07) is 0. The summed E-state index contributed by atoms with van der Waals surface area (Å²) in [4.78, 5) is 4.14. The predicted molar refractivity (Wildman–Crippen MR) is 46.2 cm³/mol. The Morgan fingerprint density at radius 1 is 1.42 bits per heavy atom. The van der Waals surface area contributed by atoms with E-state index in [1.54, 1.807) is 6.26 Å². The van der Waals surface area contributed by atoms with Crippen molar-refractivity contribution >= 4 is 5.84 Å². The fraction of sp³-hybridized carbons (Fsp3) is 0.444. The van der Waals surface area contributed by atoms with Crippen molar-refractivity contribution in [2.24, 2.45) is 0 Å². The van der Waals surface area contributed by atoms with Gasteiger partial charge < -0.3 is 4.42 Å². The van der Waals surface area contributed by atoms with Crippen LogP contribution in [0.15, 0.2) is 23.1 Å². The van der Waals surface area contributed by atoms with Crippen LogP contribution in [0.5, 0.6) is 0 Å². The number of hydrogen-bond acceptors (Lipinski definition) is 2. The summed E-state index contributed by atoms with van der Waals surface area (Å²) in [6.07, 6.45) is 5.40. The lowest BCUT2D eigenvalue weighted by atomic mass is 9.93. The Morgan fingerprint density at radius 2 is 2.17 bits per heavy atom. The fourth-order valence-electron chi connectivity index (χ4n) is 1.28. The quantitative estimate of drug-likeness (QED) is 0.597. The zero-order valence-electron chi connectivity index (χ0n) is 7.53. The van der Waals surface area contributed by atoms with E-state index in [4.69, 9.17) is 4.42 Å². The zero-order chi connectivity index (χ0) is 8.77. The molecular weight excluding hydrogens is 152 g/mol. The van der Waals surface area contributed by atoms with E-state index in [1.165, 1.54) is 5.69 Å². The lowest BCUT2D eigenvalue weighted by Crippen LogP contribution is -2.13. The second-order valence-electron chi connectivity index (χ2n) is 3.95. The Kier molecular flexibility index (Phi) is 1.31. The molecule has 0 fully saturated rings. The molecule has 0 saturated heterocycles. The molecule has 0 amide bonds. The van der Waals surface area contributed by atoms with Gasteiger partial charge in [-0.3, -0.25) is 4.40 Å². The molecule has 0 aliphatic rings. The Balaban J connectivity index is 2.69. The van der Waals surface area contributed by atoms with Gasteiger partial charge in [0.2, 0.25) is 0 Å². The molecule has 64 valence electrons. The second-order valence-corrected chi connectivity index (χ2v) is 3.95. The molecule has 2 rings (SSSR count). The standard InChI is InChI=1S/C9H12N2O/c1-9(2,3)7-6-10-8-11(7)4-5-12-8/h4-6H,1-3H3. The largest absolute Gasteiger partial charge is 0.432 e. The minimum absolute atomic E-state index is 0.114. The average Bonchev–Trinajstić information content (AvgIpc) is 2.37. The molecule has 0 saturated carbocycles. The van der Waals surface area contributed by atoms with Gasteiger partial charge in [0.15, 0.2) is 0 Å². The van der Waals surface area contributed by atoms with Gasteiger partial charge in [-0.1, -0.05) is 20.8 Å². The maximum atomic E-state index is 5.15. The lowest BCUT2D eigenvalue weighted by molar-refractivity contribution is 0.559. The highest BCUT2D eigenvalue weighted by Gasteiger charge is 2.19. The van der Waals surface area contributed by atoms with E-state index in [0.29, 0.717) is 5.84 Å². The molecule has 3 nitrogen and oxygen atoms in total. The SMILES string of the molecule is CC(C)(C)c1cnc2occn12. The highest BCUT2D eigenvalue weighted by atomic mass is 16.3. The van der Waals surface area contributed by atoms with Crippen LogP contribution in [0.3, 0.4) is 0 Å². The summed E-state index contributed by atoms with van der Waals surface area (Å²) in [6.45, 7) is 6.47. The molecule has 2 aromatic rings. The van der Waals surface area contributed by atoms with Crippen LogP contribution in [0.4, 0.5) is 0 Å². The van der Waals surface area contributed by atoms with Gasteiger partial charge in [0.1, 0.15) is 6.26 Å². The van der Waals surface area contributed by atoms with E-state index < -0.39 is 0 Å². The van der Waals surface area contributed by atoms with Gasteiger partial charge in [0.05, 0.1) is 11.9 Å². The molecule has 0 bridgehead atoms. The van der Waals surface area contributed by atoms with Gasteiger partial charge in [0.25, 0.3) is 0 Å². The van der Waals surface area contributed by atoms with Crippen molar-refractivity contribution in [3.8, 4) is 0 Å². The van der Waals surface area contributed by atoms with Crippen LogP contribution in [0.1, 0.15) is 26.5 Å². The Bertz CT molecular complexity index is 392. The molecule has 0 aliphatic heterocycles. The van der Waals surface area contributed by atoms with Crippen LogP contribution in [0.2, 0.25) is 0 Å². The van der Waals surface area contributed by atoms with Crippen LogP contribution < -0.4 is 0 Å². The number of oxazole rings is 1. The summed E-state index contributed by atoms with van der Waals surface area (Å²) >= 11 is 0. The first-order valence-electron chi connectivity index (χ1n) is 4.00. The number of nitrogens with zero attached hydrogens (tertiary/aromatic N) is 2. The number of imidazole rings is 1. The molecule has 2 heterocycles. The number of fused-ring (bicyclic) bond motifs is 1. The van der Waals surface area contributed by atoms with Crippen LogP contribution in [0, 0.1) is 0 Å². The van der Waals surface area contributed by atoms with Gasteiger partial charge in [-0.2, -0.15) is 0 Å².